The molecule has 3 rings (SSSR count). The molecule has 6 heteroatoms. The highest BCUT2D eigenvalue weighted by atomic mass is 16.1. The Morgan fingerprint density at radius 2 is 1.96 bits per heavy atom. The third-order valence-electron chi connectivity index (χ3n) is 4.18. The molecule has 6 nitrogen and oxygen atoms in total. The normalized spacial score (nSPS) is 14.3. The first-order valence-electron chi connectivity index (χ1n) is 8.39. The fraction of sp³-hybridized carbons (Fsp3) is 0.389. The molecule has 0 saturated carbocycles. The summed E-state index contributed by atoms with van der Waals surface area (Å²) in [6, 6.07) is 9.63. The maximum absolute atomic E-state index is 12.1. The number of hydrogen-bond acceptors (Lipinski definition) is 5. The summed E-state index contributed by atoms with van der Waals surface area (Å²) in [4.78, 5) is 22.9. The second kappa shape index (κ2) is 7.77. The van der Waals surface area contributed by atoms with Crippen LogP contribution in [0.3, 0.4) is 0 Å². The van der Waals surface area contributed by atoms with Crippen LogP contribution in [0.5, 0.6) is 0 Å². The van der Waals surface area contributed by atoms with E-state index in [1.54, 1.807) is 6.33 Å². The van der Waals surface area contributed by atoms with Gasteiger partial charge in [-0.3, -0.25) is 4.79 Å². The van der Waals surface area contributed by atoms with E-state index in [9.17, 15) is 4.79 Å². The average Bonchev–Trinajstić information content (AvgIpc) is 2.63. The summed E-state index contributed by atoms with van der Waals surface area (Å²) in [6.45, 7) is 4.21. The van der Waals surface area contributed by atoms with Gasteiger partial charge in [0.05, 0.1) is 6.54 Å². The van der Waals surface area contributed by atoms with Crippen molar-refractivity contribution in [1.82, 2.24) is 9.97 Å². The highest BCUT2D eigenvalue weighted by molar-refractivity contribution is 5.94. The van der Waals surface area contributed by atoms with Gasteiger partial charge in [0.25, 0.3) is 0 Å². The summed E-state index contributed by atoms with van der Waals surface area (Å²) in [7, 11) is 0. The van der Waals surface area contributed by atoms with Crippen LogP contribution in [0.4, 0.5) is 17.3 Å². The number of hydrogen-bond donors (Lipinski definition) is 2. The highest BCUT2D eigenvalue weighted by Crippen LogP contribution is 2.19. The topological polar surface area (TPSA) is 70.2 Å². The van der Waals surface area contributed by atoms with Gasteiger partial charge in [-0.15, -0.1) is 0 Å². The molecule has 0 atom stereocenters. The molecule has 1 aromatic heterocycles. The van der Waals surface area contributed by atoms with E-state index in [1.807, 2.05) is 37.3 Å². The summed E-state index contributed by atoms with van der Waals surface area (Å²) in [6.07, 6.45) is 5.23. The number of benzene rings is 1. The molecule has 1 aliphatic rings. The molecule has 1 saturated heterocycles. The molecule has 0 unspecified atom stereocenters. The fourth-order valence-electron chi connectivity index (χ4n) is 2.82. The number of rotatable bonds is 5. The highest BCUT2D eigenvalue weighted by Gasteiger charge is 2.13. The van der Waals surface area contributed by atoms with Crippen LogP contribution >= 0.6 is 0 Å². The first kappa shape index (κ1) is 16.2. The Labute approximate surface area is 142 Å². The van der Waals surface area contributed by atoms with Crippen LogP contribution in [0.25, 0.3) is 0 Å². The lowest BCUT2D eigenvalue weighted by Gasteiger charge is -2.27. The molecule has 2 N–H and O–H groups in total. The van der Waals surface area contributed by atoms with E-state index in [2.05, 4.69) is 25.5 Å². The third-order valence-corrected chi connectivity index (χ3v) is 4.18. The minimum absolute atomic E-state index is 0.0950. The van der Waals surface area contributed by atoms with E-state index >= 15 is 0 Å². The Morgan fingerprint density at radius 3 is 2.75 bits per heavy atom. The van der Waals surface area contributed by atoms with Crippen molar-refractivity contribution in [2.45, 2.75) is 26.2 Å². The molecule has 2 aromatic rings. The lowest BCUT2D eigenvalue weighted by molar-refractivity contribution is -0.114. The van der Waals surface area contributed by atoms with Crippen molar-refractivity contribution in [3.8, 4) is 0 Å². The van der Waals surface area contributed by atoms with Gasteiger partial charge in [0.15, 0.2) is 0 Å². The van der Waals surface area contributed by atoms with E-state index in [0.29, 0.717) is 5.82 Å². The van der Waals surface area contributed by atoms with E-state index in [0.717, 1.165) is 30.2 Å². The standard InChI is InChI=1S/C18H23N5O/c1-14-7-3-4-8-15(14)22-18(24)12-19-16-11-17(21-13-20-16)23-9-5-2-6-10-23/h3-4,7-8,11,13H,2,5-6,9-10,12H2,1H3,(H,22,24)(H,19,20,21). The van der Waals surface area contributed by atoms with Crippen molar-refractivity contribution in [2.75, 3.05) is 35.2 Å². The molecule has 1 aromatic carbocycles. The van der Waals surface area contributed by atoms with Gasteiger partial charge < -0.3 is 15.5 Å². The smallest absolute Gasteiger partial charge is 0.243 e. The van der Waals surface area contributed by atoms with Crippen molar-refractivity contribution in [3.05, 3.63) is 42.2 Å². The van der Waals surface area contributed by atoms with Gasteiger partial charge in [-0.1, -0.05) is 18.2 Å². The molecule has 0 spiro atoms. The largest absolute Gasteiger partial charge is 0.361 e. The van der Waals surface area contributed by atoms with Crippen LogP contribution in [-0.4, -0.2) is 35.5 Å². The first-order valence-corrected chi connectivity index (χ1v) is 8.39. The Morgan fingerprint density at radius 1 is 1.17 bits per heavy atom. The number of nitrogens with one attached hydrogen (secondary N) is 2. The molecule has 1 amide bonds. The number of carbonyl (C=O) groups is 1. The van der Waals surface area contributed by atoms with Gasteiger partial charge in [-0.05, 0) is 37.8 Å². The van der Waals surface area contributed by atoms with Crippen LogP contribution in [-0.2, 0) is 4.79 Å². The van der Waals surface area contributed by atoms with E-state index < -0.39 is 0 Å². The summed E-state index contributed by atoms with van der Waals surface area (Å²) in [5, 5.41) is 5.98. The number of anilines is 3. The number of carbonyl (C=O) groups excluding carboxylic acids is 1. The zero-order valence-corrected chi connectivity index (χ0v) is 14.0. The number of piperidine rings is 1. The molecule has 1 fully saturated rings. The summed E-state index contributed by atoms with van der Waals surface area (Å²) in [5.74, 6) is 1.50. The summed E-state index contributed by atoms with van der Waals surface area (Å²) < 4.78 is 0. The minimum atomic E-state index is -0.0950. The second-order valence-electron chi connectivity index (χ2n) is 6.03. The van der Waals surface area contributed by atoms with Crippen molar-refractivity contribution >= 4 is 23.2 Å². The fourth-order valence-corrected chi connectivity index (χ4v) is 2.82. The Balaban J connectivity index is 1.56. The number of para-hydroxylation sites is 1. The lowest BCUT2D eigenvalue weighted by Crippen LogP contribution is -2.30. The van der Waals surface area contributed by atoms with Gasteiger partial charge in [0.2, 0.25) is 5.91 Å². The minimum Gasteiger partial charge on any atom is -0.361 e. The van der Waals surface area contributed by atoms with Crippen LogP contribution in [0.15, 0.2) is 36.7 Å². The molecule has 0 radical (unpaired) electrons. The third kappa shape index (κ3) is 4.22. The van der Waals surface area contributed by atoms with Crippen molar-refractivity contribution < 1.29 is 4.79 Å². The lowest BCUT2D eigenvalue weighted by atomic mass is 10.1. The van der Waals surface area contributed by atoms with Crippen molar-refractivity contribution in [3.63, 3.8) is 0 Å². The maximum Gasteiger partial charge on any atom is 0.243 e. The molecule has 1 aliphatic heterocycles. The second-order valence-corrected chi connectivity index (χ2v) is 6.03. The number of amides is 1. The molecule has 0 bridgehead atoms. The van der Waals surface area contributed by atoms with Gasteiger partial charge in [-0.25, -0.2) is 9.97 Å². The van der Waals surface area contributed by atoms with E-state index in [1.165, 1.54) is 19.3 Å². The van der Waals surface area contributed by atoms with Crippen LogP contribution in [0, 0.1) is 6.92 Å². The monoisotopic (exact) mass is 325 g/mol. The zero-order chi connectivity index (χ0) is 16.8. The molecule has 0 aliphatic carbocycles. The van der Waals surface area contributed by atoms with Gasteiger partial charge in [0, 0.05) is 24.8 Å². The van der Waals surface area contributed by atoms with Crippen molar-refractivity contribution in [1.29, 1.82) is 0 Å². The summed E-state index contributed by atoms with van der Waals surface area (Å²) in [5.41, 5.74) is 1.88. The zero-order valence-electron chi connectivity index (χ0n) is 14.0. The Kier molecular flexibility index (Phi) is 5.25. The maximum atomic E-state index is 12.1. The Bertz CT molecular complexity index is 697. The van der Waals surface area contributed by atoms with Crippen LogP contribution in [0.1, 0.15) is 24.8 Å². The van der Waals surface area contributed by atoms with Crippen LogP contribution < -0.4 is 15.5 Å². The van der Waals surface area contributed by atoms with Gasteiger partial charge in [0.1, 0.15) is 18.0 Å². The summed E-state index contributed by atoms with van der Waals surface area (Å²) >= 11 is 0. The predicted molar refractivity (Wildman–Crippen MR) is 96.4 cm³/mol. The quantitative estimate of drug-likeness (QED) is 0.884. The van der Waals surface area contributed by atoms with Gasteiger partial charge >= 0.3 is 0 Å². The Hall–Kier alpha value is -2.63. The molecule has 126 valence electrons. The predicted octanol–water partition coefficient (Wildman–Crippen LogP) is 2.83. The number of aryl methyl sites for hydroxylation is 1. The number of nitrogens with zero attached hydrogens (tertiary/aromatic N) is 3. The molecular weight excluding hydrogens is 302 g/mol. The first-order chi connectivity index (χ1) is 11.7. The van der Waals surface area contributed by atoms with Crippen molar-refractivity contribution in [2.24, 2.45) is 0 Å². The molecular formula is C18H23N5O. The van der Waals surface area contributed by atoms with Crippen LogP contribution in [0.2, 0.25) is 0 Å². The SMILES string of the molecule is Cc1ccccc1NC(=O)CNc1cc(N2CCCCC2)ncn1. The molecule has 2 heterocycles. The van der Waals surface area contributed by atoms with E-state index in [4.69, 9.17) is 0 Å². The molecule has 24 heavy (non-hydrogen) atoms. The van der Waals surface area contributed by atoms with Gasteiger partial charge in [-0.2, -0.15) is 0 Å². The average molecular weight is 325 g/mol. The van der Waals surface area contributed by atoms with E-state index in [-0.39, 0.29) is 12.5 Å². The number of aromatic nitrogens is 2.